The third-order valence-corrected chi connectivity index (χ3v) is 8.07. The predicted molar refractivity (Wildman–Crippen MR) is 152 cm³/mol. The lowest BCUT2D eigenvalue weighted by atomic mass is 9.75. The first-order valence-electron chi connectivity index (χ1n) is 13.3. The first-order chi connectivity index (χ1) is 17.6. The molecule has 0 saturated heterocycles. The molecule has 3 unspecified atom stereocenters. The van der Waals surface area contributed by atoms with Gasteiger partial charge in [-0.05, 0) is 85.9 Å². The second-order valence-corrected chi connectivity index (χ2v) is 11.8. The third kappa shape index (κ3) is 6.45. The van der Waals surface area contributed by atoms with Crippen LogP contribution in [0.4, 0.5) is 0 Å². The minimum Gasteiger partial charge on any atom is -0.352 e. The van der Waals surface area contributed by atoms with Crippen LogP contribution in [0, 0.1) is 11.8 Å². The Labute approximate surface area is 230 Å². The zero-order valence-electron chi connectivity index (χ0n) is 22.2. The van der Waals surface area contributed by atoms with Gasteiger partial charge in [0.25, 0.3) is 5.91 Å². The van der Waals surface area contributed by atoms with Gasteiger partial charge in [-0.2, -0.15) is 0 Å². The number of hydrogen-bond acceptors (Lipinski definition) is 4. The maximum Gasteiger partial charge on any atom is 0.251 e. The number of carbonyl (C=O) groups excluding carboxylic acids is 2. The Morgan fingerprint density at radius 3 is 2.27 bits per heavy atom. The van der Waals surface area contributed by atoms with E-state index in [0.29, 0.717) is 40.4 Å². The molecule has 5 nitrogen and oxygen atoms in total. The number of halogens is 2. The summed E-state index contributed by atoms with van der Waals surface area (Å²) in [6.07, 6.45) is 4.52. The molecule has 0 aromatic heterocycles. The zero-order valence-corrected chi connectivity index (χ0v) is 23.7. The van der Waals surface area contributed by atoms with Gasteiger partial charge in [-0.1, -0.05) is 56.1 Å². The van der Waals surface area contributed by atoms with Gasteiger partial charge in [0.05, 0.1) is 5.71 Å². The third-order valence-electron chi connectivity index (χ3n) is 7.63. The molecule has 1 amide bonds. The highest BCUT2D eigenvalue weighted by Crippen LogP contribution is 2.48. The van der Waals surface area contributed by atoms with Crippen LogP contribution in [0.15, 0.2) is 47.5 Å². The van der Waals surface area contributed by atoms with E-state index >= 15 is 0 Å². The van der Waals surface area contributed by atoms with E-state index in [-0.39, 0.29) is 23.4 Å². The smallest absolute Gasteiger partial charge is 0.251 e. The van der Waals surface area contributed by atoms with Crippen molar-refractivity contribution in [3.8, 4) is 0 Å². The molecule has 2 aliphatic rings. The van der Waals surface area contributed by atoms with Crippen molar-refractivity contribution in [1.29, 1.82) is 0 Å². The summed E-state index contributed by atoms with van der Waals surface area (Å²) in [6, 6.07) is 13.7. The average molecular weight is 543 g/mol. The van der Waals surface area contributed by atoms with E-state index in [1.54, 1.807) is 6.07 Å². The number of Topliss-reactive ketones (excluding diaryl/α,β-unsaturated/α-hetero) is 1. The number of benzene rings is 2. The van der Waals surface area contributed by atoms with Gasteiger partial charge in [-0.3, -0.25) is 19.5 Å². The summed E-state index contributed by atoms with van der Waals surface area (Å²) in [5, 5.41) is 4.06. The molecule has 3 atom stereocenters. The highest BCUT2D eigenvalue weighted by atomic mass is 35.5. The molecular formula is C30H37Cl2N3O2. The lowest BCUT2D eigenvalue weighted by molar-refractivity contribution is -0.116. The Hall–Kier alpha value is -2.21. The van der Waals surface area contributed by atoms with Gasteiger partial charge in [-0.25, -0.2) is 0 Å². The molecule has 1 fully saturated rings. The number of carbonyl (C=O) groups is 2. The molecule has 4 rings (SSSR count). The molecule has 7 heteroatoms. The summed E-state index contributed by atoms with van der Waals surface area (Å²) < 4.78 is 0. The van der Waals surface area contributed by atoms with Crippen molar-refractivity contribution in [1.82, 2.24) is 10.2 Å². The molecule has 1 spiro atoms. The van der Waals surface area contributed by atoms with E-state index in [1.165, 1.54) is 18.9 Å². The minimum atomic E-state index is -0.273. The monoisotopic (exact) mass is 541 g/mol. The average Bonchev–Trinajstić information content (AvgIpc) is 3.16. The largest absolute Gasteiger partial charge is 0.352 e. The fourth-order valence-corrected chi connectivity index (χ4v) is 6.79. The molecule has 0 bridgehead atoms. The quantitative estimate of drug-likeness (QED) is 0.387. The molecule has 1 N–H and O–H groups in total. The molecular weight excluding hydrogens is 505 g/mol. The van der Waals surface area contributed by atoms with Crippen LogP contribution in [0.1, 0.15) is 87.3 Å². The van der Waals surface area contributed by atoms with Gasteiger partial charge in [0.15, 0.2) is 0 Å². The lowest BCUT2D eigenvalue weighted by Crippen LogP contribution is -2.50. The van der Waals surface area contributed by atoms with Crippen molar-refractivity contribution in [2.45, 2.75) is 71.5 Å². The molecule has 2 aromatic rings. The van der Waals surface area contributed by atoms with E-state index in [9.17, 15) is 9.59 Å². The van der Waals surface area contributed by atoms with Crippen LogP contribution < -0.4 is 5.32 Å². The summed E-state index contributed by atoms with van der Waals surface area (Å²) in [7, 11) is 0. The second-order valence-electron chi connectivity index (χ2n) is 10.9. The van der Waals surface area contributed by atoms with Gasteiger partial charge < -0.3 is 5.32 Å². The Morgan fingerprint density at radius 2 is 1.70 bits per heavy atom. The van der Waals surface area contributed by atoms with Gasteiger partial charge in [0, 0.05) is 41.2 Å². The van der Waals surface area contributed by atoms with Crippen molar-refractivity contribution in [2.24, 2.45) is 16.8 Å². The topological polar surface area (TPSA) is 61.8 Å². The fourth-order valence-electron chi connectivity index (χ4n) is 6.26. The predicted octanol–water partition coefficient (Wildman–Crippen LogP) is 7.11. The van der Waals surface area contributed by atoms with Crippen LogP contribution in [-0.2, 0) is 4.79 Å². The number of aliphatic imine (C=N–C) groups is 1. The Morgan fingerprint density at radius 1 is 1.08 bits per heavy atom. The van der Waals surface area contributed by atoms with Crippen LogP contribution in [0.3, 0.4) is 0 Å². The van der Waals surface area contributed by atoms with Crippen LogP contribution in [0.25, 0.3) is 0 Å². The van der Waals surface area contributed by atoms with E-state index in [1.807, 2.05) is 24.3 Å². The van der Waals surface area contributed by atoms with E-state index in [4.69, 9.17) is 28.2 Å². The van der Waals surface area contributed by atoms with Crippen molar-refractivity contribution < 1.29 is 9.59 Å². The first-order valence-corrected chi connectivity index (χ1v) is 14.1. The molecule has 2 aromatic carbocycles. The molecule has 0 radical (unpaired) electrons. The van der Waals surface area contributed by atoms with Gasteiger partial charge in [0.1, 0.15) is 11.4 Å². The van der Waals surface area contributed by atoms with Crippen molar-refractivity contribution in [2.75, 3.05) is 13.1 Å². The number of amides is 1. The van der Waals surface area contributed by atoms with Gasteiger partial charge in [0.2, 0.25) is 0 Å². The van der Waals surface area contributed by atoms with Crippen LogP contribution >= 0.6 is 23.2 Å². The van der Waals surface area contributed by atoms with Crippen LogP contribution in [0.2, 0.25) is 10.0 Å². The second kappa shape index (κ2) is 11.7. The number of rotatable bonds is 8. The number of ketones is 1. The van der Waals surface area contributed by atoms with Crippen molar-refractivity contribution >= 4 is 40.6 Å². The van der Waals surface area contributed by atoms with Gasteiger partial charge >= 0.3 is 0 Å². The number of hydrogen-bond donors (Lipinski definition) is 1. The standard InChI is InChI=1S/C30H37Cl2N3O2/c1-5-28(22-6-8-23(9-7-22)29(37)33-11-10-21(4)36)35-18-27(24-13-25(31)15-26(32)14-24)34-30(35)16-19(2)12-20(3)17-30/h6-9,13-15,19-20,28H,5,10-12,16-18H2,1-4H3,(H,33,37). The summed E-state index contributed by atoms with van der Waals surface area (Å²) >= 11 is 12.7. The highest BCUT2D eigenvalue weighted by molar-refractivity contribution is 6.35. The maximum absolute atomic E-state index is 12.5. The zero-order chi connectivity index (χ0) is 26.7. The molecule has 1 saturated carbocycles. The summed E-state index contributed by atoms with van der Waals surface area (Å²) in [5.74, 6) is 1.07. The Balaban J connectivity index is 1.63. The molecule has 1 aliphatic carbocycles. The number of nitrogens with zero attached hydrogens (tertiary/aromatic N) is 2. The summed E-state index contributed by atoms with van der Waals surface area (Å²) in [6.45, 7) is 9.49. The van der Waals surface area contributed by atoms with Crippen LogP contribution in [-0.4, -0.2) is 41.1 Å². The Kier molecular flexibility index (Phi) is 8.77. The minimum absolute atomic E-state index is 0.0639. The van der Waals surface area contributed by atoms with Crippen molar-refractivity contribution in [3.05, 3.63) is 69.2 Å². The highest BCUT2D eigenvalue weighted by Gasteiger charge is 2.49. The maximum atomic E-state index is 12.5. The summed E-state index contributed by atoms with van der Waals surface area (Å²) in [4.78, 5) is 31.7. The van der Waals surface area contributed by atoms with E-state index in [2.05, 4.69) is 43.1 Å². The van der Waals surface area contributed by atoms with Crippen molar-refractivity contribution in [3.63, 3.8) is 0 Å². The molecule has 198 valence electrons. The number of nitrogens with one attached hydrogen (secondary N) is 1. The Bertz CT molecular complexity index is 1150. The van der Waals surface area contributed by atoms with Crippen LogP contribution in [0.5, 0.6) is 0 Å². The molecule has 1 aliphatic heterocycles. The molecule has 37 heavy (non-hydrogen) atoms. The lowest BCUT2D eigenvalue weighted by Gasteiger charge is -2.47. The summed E-state index contributed by atoms with van der Waals surface area (Å²) in [5.41, 5.74) is 3.52. The normalized spacial score (nSPS) is 24.6. The first kappa shape index (κ1) is 27.8. The fraction of sp³-hybridized carbons (Fsp3) is 0.500. The van der Waals surface area contributed by atoms with E-state index in [0.717, 1.165) is 37.1 Å². The van der Waals surface area contributed by atoms with Gasteiger partial charge in [-0.15, -0.1) is 0 Å². The van der Waals surface area contributed by atoms with E-state index < -0.39 is 0 Å². The molecule has 1 heterocycles. The SMILES string of the molecule is CCC(c1ccc(C(=O)NCCC(C)=O)cc1)N1CC(c2cc(Cl)cc(Cl)c2)=NC12CC(C)CC(C)C2.